The molecule has 1 rings (SSSR count). The summed E-state index contributed by atoms with van der Waals surface area (Å²) in [7, 11) is 0. The van der Waals surface area contributed by atoms with Crippen LogP contribution in [0.2, 0.25) is 0 Å². The number of hydrazine groups is 1. The highest BCUT2D eigenvalue weighted by Gasteiger charge is 2.39. The molecule has 1 aliphatic heterocycles. The van der Waals surface area contributed by atoms with Crippen LogP contribution in [0.5, 0.6) is 0 Å². The van der Waals surface area contributed by atoms with E-state index in [0.29, 0.717) is 26.3 Å². The van der Waals surface area contributed by atoms with Gasteiger partial charge in [0.1, 0.15) is 5.92 Å². The molecule has 1 fully saturated rings. The highest BCUT2D eigenvalue weighted by atomic mass is 16.5. The number of ether oxygens (including phenoxy) is 2. The fourth-order valence-corrected chi connectivity index (χ4v) is 1.98. The summed E-state index contributed by atoms with van der Waals surface area (Å²) in [5, 5.41) is 1.78. The monoisotopic (exact) mass is 272 g/mol. The molecule has 0 aromatic heterocycles. The van der Waals surface area contributed by atoms with E-state index in [0.717, 1.165) is 0 Å². The van der Waals surface area contributed by atoms with E-state index < -0.39 is 17.3 Å². The lowest BCUT2D eigenvalue weighted by atomic mass is 9.80. The first-order chi connectivity index (χ1) is 8.86. The van der Waals surface area contributed by atoms with Crippen molar-refractivity contribution in [2.75, 3.05) is 32.9 Å². The van der Waals surface area contributed by atoms with Gasteiger partial charge >= 0.3 is 5.97 Å². The molecule has 1 N–H and O–H groups in total. The second-order valence-corrected chi connectivity index (χ2v) is 5.63. The lowest BCUT2D eigenvalue weighted by Gasteiger charge is -2.32. The van der Waals surface area contributed by atoms with E-state index in [1.165, 1.54) is 0 Å². The van der Waals surface area contributed by atoms with Gasteiger partial charge in [0.05, 0.1) is 19.8 Å². The van der Waals surface area contributed by atoms with Crippen LogP contribution in [0.25, 0.3) is 0 Å². The van der Waals surface area contributed by atoms with E-state index in [1.54, 1.807) is 11.9 Å². The fraction of sp³-hybridized carbons (Fsp3) is 0.846. The molecule has 1 unspecified atom stereocenters. The van der Waals surface area contributed by atoms with Crippen molar-refractivity contribution in [1.29, 1.82) is 0 Å². The maximum Gasteiger partial charge on any atom is 0.319 e. The fourth-order valence-electron chi connectivity index (χ4n) is 1.98. The van der Waals surface area contributed by atoms with Crippen LogP contribution in [-0.2, 0) is 19.1 Å². The number of carbonyl (C=O) groups is 2. The van der Waals surface area contributed by atoms with Gasteiger partial charge in [0.15, 0.2) is 0 Å². The van der Waals surface area contributed by atoms with Crippen molar-refractivity contribution in [3.63, 3.8) is 0 Å². The molecule has 19 heavy (non-hydrogen) atoms. The molecule has 0 aliphatic carbocycles. The summed E-state index contributed by atoms with van der Waals surface area (Å²) in [4.78, 5) is 24.2. The Labute approximate surface area is 114 Å². The zero-order valence-corrected chi connectivity index (χ0v) is 12.2. The predicted molar refractivity (Wildman–Crippen MR) is 70.1 cm³/mol. The van der Waals surface area contributed by atoms with Gasteiger partial charge in [-0.15, -0.1) is 0 Å². The molecule has 1 heterocycles. The van der Waals surface area contributed by atoms with E-state index in [4.69, 9.17) is 9.47 Å². The standard InChI is InChI=1S/C13H24N2O4/c1-5-19-12(17)10(13(2,3)4)11(16)14-15-6-8-18-9-7-15/h10H,5-9H2,1-4H3,(H,14,16). The van der Waals surface area contributed by atoms with Gasteiger partial charge in [-0.05, 0) is 12.3 Å². The Kier molecular flexibility index (Phi) is 5.75. The third kappa shape index (κ3) is 4.80. The number of hydrogen-bond acceptors (Lipinski definition) is 5. The van der Waals surface area contributed by atoms with E-state index in [-0.39, 0.29) is 12.5 Å². The number of rotatable bonds is 4. The number of nitrogens with zero attached hydrogens (tertiary/aromatic N) is 1. The summed E-state index contributed by atoms with van der Waals surface area (Å²) in [6.45, 7) is 10.00. The third-order valence-electron chi connectivity index (χ3n) is 2.93. The average molecular weight is 272 g/mol. The van der Waals surface area contributed by atoms with Gasteiger partial charge < -0.3 is 9.47 Å². The highest BCUT2D eigenvalue weighted by molar-refractivity contribution is 5.98. The van der Waals surface area contributed by atoms with Crippen LogP contribution in [0.4, 0.5) is 0 Å². The second kappa shape index (κ2) is 6.86. The molecule has 0 aromatic rings. The molecule has 1 saturated heterocycles. The van der Waals surface area contributed by atoms with Crippen LogP contribution in [0.15, 0.2) is 0 Å². The Morgan fingerprint density at radius 2 is 1.89 bits per heavy atom. The molecule has 110 valence electrons. The van der Waals surface area contributed by atoms with E-state index in [1.807, 2.05) is 20.8 Å². The highest BCUT2D eigenvalue weighted by Crippen LogP contribution is 2.27. The Morgan fingerprint density at radius 3 is 2.37 bits per heavy atom. The van der Waals surface area contributed by atoms with Gasteiger partial charge in [-0.2, -0.15) is 0 Å². The van der Waals surface area contributed by atoms with Crippen LogP contribution >= 0.6 is 0 Å². The predicted octanol–water partition coefficient (Wildman–Crippen LogP) is 0.575. The quantitative estimate of drug-likeness (QED) is 0.599. The maximum absolute atomic E-state index is 12.3. The summed E-state index contributed by atoms with van der Waals surface area (Å²) < 4.78 is 10.2. The minimum Gasteiger partial charge on any atom is -0.465 e. The molecule has 0 spiro atoms. The van der Waals surface area contributed by atoms with Crippen LogP contribution < -0.4 is 5.43 Å². The van der Waals surface area contributed by atoms with Gasteiger partial charge in [0, 0.05) is 13.1 Å². The van der Waals surface area contributed by atoms with Gasteiger partial charge in [0.2, 0.25) is 5.91 Å². The first kappa shape index (κ1) is 15.9. The lowest BCUT2D eigenvalue weighted by molar-refractivity contribution is -0.158. The molecule has 1 atom stereocenters. The van der Waals surface area contributed by atoms with Crippen LogP contribution in [0, 0.1) is 11.3 Å². The second-order valence-electron chi connectivity index (χ2n) is 5.63. The van der Waals surface area contributed by atoms with Crippen LogP contribution in [0.1, 0.15) is 27.7 Å². The Balaban J connectivity index is 2.68. The number of hydrogen-bond donors (Lipinski definition) is 1. The molecular weight excluding hydrogens is 248 g/mol. The number of carbonyl (C=O) groups excluding carboxylic acids is 2. The largest absolute Gasteiger partial charge is 0.465 e. The van der Waals surface area contributed by atoms with Crippen molar-refractivity contribution >= 4 is 11.9 Å². The molecule has 0 radical (unpaired) electrons. The van der Waals surface area contributed by atoms with Gasteiger partial charge in [-0.3, -0.25) is 15.0 Å². The number of nitrogens with one attached hydrogen (secondary N) is 1. The first-order valence-corrected chi connectivity index (χ1v) is 6.66. The average Bonchev–Trinajstić information content (AvgIpc) is 2.28. The number of esters is 1. The molecule has 1 aliphatic rings. The van der Waals surface area contributed by atoms with Crippen molar-refractivity contribution in [3.8, 4) is 0 Å². The summed E-state index contributed by atoms with van der Waals surface area (Å²) in [5.41, 5.74) is 2.29. The Bertz CT molecular complexity index is 319. The molecular formula is C13H24N2O4. The molecule has 6 nitrogen and oxygen atoms in total. The van der Waals surface area contributed by atoms with Crippen LogP contribution in [-0.4, -0.2) is 49.8 Å². The summed E-state index contributed by atoms with van der Waals surface area (Å²) >= 11 is 0. The van der Waals surface area contributed by atoms with Crippen LogP contribution in [0.3, 0.4) is 0 Å². The van der Waals surface area contributed by atoms with E-state index in [9.17, 15) is 9.59 Å². The molecule has 0 aromatic carbocycles. The zero-order valence-electron chi connectivity index (χ0n) is 12.2. The number of amides is 1. The minimum absolute atomic E-state index is 0.274. The third-order valence-corrected chi connectivity index (χ3v) is 2.93. The summed E-state index contributed by atoms with van der Waals surface area (Å²) in [6.07, 6.45) is 0. The zero-order chi connectivity index (χ0) is 14.5. The van der Waals surface area contributed by atoms with Crippen molar-refractivity contribution < 1.29 is 19.1 Å². The van der Waals surface area contributed by atoms with Crippen molar-refractivity contribution in [2.24, 2.45) is 11.3 Å². The first-order valence-electron chi connectivity index (χ1n) is 6.66. The topological polar surface area (TPSA) is 67.9 Å². The number of morpholine rings is 1. The summed E-state index contributed by atoms with van der Waals surface area (Å²) in [5.74, 6) is -1.59. The molecule has 0 saturated carbocycles. The smallest absolute Gasteiger partial charge is 0.319 e. The van der Waals surface area contributed by atoms with Gasteiger partial charge in [-0.25, -0.2) is 5.01 Å². The van der Waals surface area contributed by atoms with Crippen molar-refractivity contribution in [2.45, 2.75) is 27.7 Å². The van der Waals surface area contributed by atoms with E-state index in [2.05, 4.69) is 5.43 Å². The van der Waals surface area contributed by atoms with E-state index >= 15 is 0 Å². The Morgan fingerprint density at radius 1 is 1.32 bits per heavy atom. The van der Waals surface area contributed by atoms with Crippen molar-refractivity contribution in [1.82, 2.24) is 10.4 Å². The minimum atomic E-state index is -0.810. The van der Waals surface area contributed by atoms with Gasteiger partial charge in [-0.1, -0.05) is 20.8 Å². The summed E-state index contributed by atoms with van der Waals surface area (Å²) in [6, 6.07) is 0. The van der Waals surface area contributed by atoms with Crippen molar-refractivity contribution in [3.05, 3.63) is 0 Å². The van der Waals surface area contributed by atoms with Gasteiger partial charge in [0.25, 0.3) is 0 Å². The molecule has 1 amide bonds. The molecule has 0 bridgehead atoms. The normalized spacial score (nSPS) is 18.7. The Hall–Kier alpha value is -1.14. The maximum atomic E-state index is 12.3. The lowest BCUT2D eigenvalue weighted by Crippen LogP contribution is -2.53. The molecule has 6 heteroatoms. The SMILES string of the molecule is CCOC(=O)C(C(=O)NN1CCOCC1)C(C)(C)C.